The maximum atomic E-state index is 12.0. The van der Waals surface area contributed by atoms with E-state index in [-0.39, 0.29) is 5.91 Å². The van der Waals surface area contributed by atoms with Crippen molar-refractivity contribution < 1.29 is 4.79 Å². The van der Waals surface area contributed by atoms with Crippen molar-refractivity contribution in [3.05, 3.63) is 0 Å². The molecule has 4 heteroatoms. The lowest BCUT2D eigenvalue weighted by molar-refractivity contribution is -0.133. The number of rotatable bonds is 3. The highest BCUT2D eigenvalue weighted by atomic mass is 16.2. The number of carbonyl (C=O) groups excluding carboxylic acids is 1. The molecule has 0 spiro atoms. The third kappa shape index (κ3) is 3.04. The number of hydrogen-bond acceptors (Lipinski definition) is 3. The van der Waals surface area contributed by atoms with Crippen LogP contribution in [0.15, 0.2) is 0 Å². The minimum atomic E-state index is 0.192. The number of terminal acetylenes is 1. The van der Waals surface area contributed by atoms with E-state index >= 15 is 0 Å². The molecule has 0 aliphatic carbocycles. The van der Waals surface area contributed by atoms with Crippen LogP contribution >= 0.6 is 0 Å². The van der Waals surface area contributed by atoms with Crippen molar-refractivity contribution in [2.45, 2.75) is 25.3 Å². The molecule has 0 bridgehead atoms. The van der Waals surface area contributed by atoms with Gasteiger partial charge in [-0.3, -0.25) is 10.1 Å². The van der Waals surface area contributed by atoms with Crippen LogP contribution in [0.5, 0.6) is 0 Å². The normalized spacial score (nSPS) is 28.6. The molecule has 0 saturated carbocycles. The minimum Gasteiger partial charge on any atom is -0.341 e. The van der Waals surface area contributed by atoms with E-state index in [1.165, 1.54) is 19.4 Å². The van der Waals surface area contributed by atoms with Crippen LogP contribution in [0.1, 0.15) is 19.3 Å². The number of hydrogen-bond donors (Lipinski definition) is 1. The van der Waals surface area contributed by atoms with Crippen LogP contribution in [0.25, 0.3) is 0 Å². The average Bonchev–Trinajstić information content (AvgIpc) is 2.39. The Morgan fingerprint density at radius 3 is 3.06 bits per heavy atom. The Hall–Kier alpha value is -1.05. The second kappa shape index (κ2) is 6.21. The largest absolute Gasteiger partial charge is 0.341 e. The lowest BCUT2D eigenvalue weighted by Gasteiger charge is -2.46. The van der Waals surface area contributed by atoms with Crippen molar-refractivity contribution in [3.63, 3.8) is 0 Å². The molecule has 0 aromatic heterocycles. The zero-order chi connectivity index (χ0) is 13.0. The lowest BCUT2D eigenvalue weighted by atomic mass is 9.84. The Morgan fingerprint density at radius 1 is 1.44 bits per heavy atom. The Labute approximate surface area is 110 Å². The Morgan fingerprint density at radius 2 is 2.28 bits per heavy atom. The SMILES string of the molecule is C#CCNCC(=O)N1CCC2C(CCCN2C)C1. The van der Waals surface area contributed by atoms with E-state index in [4.69, 9.17) is 6.42 Å². The number of fused-ring (bicyclic) bond motifs is 1. The molecule has 2 aliphatic rings. The summed E-state index contributed by atoms with van der Waals surface area (Å²) >= 11 is 0. The van der Waals surface area contributed by atoms with Gasteiger partial charge in [-0.25, -0.2) is 0 Å². The van der Waals surface area contributed by atoms with E-state index in [0.29, 0.717) is 25.0 Å². The van der Waals surface area contributed by atoms with Gasteiger partial charge in [-0.1, -0.05) is 5.92 Å². The summed E-state index contributed by atoms with van der Waals surface area (Å²) in [6, 6.07) is 0.682. The number of carbonyl (C=O) groups is 1. The zero-order valence-electron chi connectivity index (χ0n) is 11.2. The summed E-state index contributed by atoms with van der Waals surface area (Å²) in [5, 5.41) is 2.98. The minimum absolute atomic E-state index is 0.192. The summed E-state index contributed by atoms with van der Waals surface area (Å²) in [7, 11) is 2.21. The van der Waals surface area contributed by atoms with Gasteiger partial charge in [-0.15, -0.1) is 6.42 Å². The van der Waals surface area contributed by atoms with Gasteiger partial charge in [0.25, 0.3) is 0 Å². The van der Waals surface area contributed by atoms with Gasteiger partial charge in [0.05, 0.1) is 13.1 Å². The van der Waals surface area contributed by atoms with Crippen molar-refractivity contribution in [1.82, 2.24) is 15.1 Å². The van der Waals surface area contributed by atoms with Crippen molar-refractivity contribution >= 4 is 5.91 Å². The average molecular weight is 249 g/mol. The molecule has 2 aliphatic heterocycles. The van der Waals surface area contributed by atoms with Crippen molar-refractivity contribution in [3.8, 4) is 12.3 Å². The van der Waals surface area contributed by atoms with E-state index in [1.54, 1.807) is 0 Å². The molecular formula is C14H23N3O. The number of likely N-dealkylation sites (tertiary alicyclic amines) is 2. The monoisotopic (exact) mass is 249 g/mol. The highest BCUT2D eigenvalue weighted by Crippen LogP contribution is 2.29. The smallest absolute Gasteiger partial charge is 0.236 e. The zero-order valence-corrected chi connectivity index (χ0v) is 11.2. The number of nitrogens with zero attached hydrogens (tertiary/aromatic N) is 2. The predicted octanol–water partition coefficient (Wildman–Crippen LogP) is 0.152. The highest BCUT2D eigenvalue weighted by molar-refractivity contribution is 5.78. The fourth-order valence-corrected chi connectivity index (χ4v) is 3.23. The molecule has 2 heterocycles. The maximum absolute atomic E-state index is 12.0. The van der Waals surface area contributed by atoms with Gasteiger partial charge in [0.15, 0.2) is 0 Å². The first-order valence-corrected chi connectivity index (χ1v) is 6.84. The molecule has 2 fully saturated rings. The molecule has 18 heavy (non-hydrogen) atoms. The Bertz CT molecular complexity index is 336. The fourth-order valence-electron chi connectivity index (χ4n) is 3.23. The third-order valence-corrected chi connectivity index (χ3v) is 4.20. The standard InChI is InChI=1S/C14H23N3O/c1-3-7-15-10-14(18)17-9-6-13-12(11-17)5-4-8-16(13)2/h1,12-13,15H,4-11H2,2H3. The quantitative estimate of drug-likeness (QED) is 0.571. The molecule has 2 rings (SSSR count). The Kier molecular flexibility index (Phi) is 4.62. The number of amides is 1. The number of nitrogens with one attached hydrogen (secondary N) is 1. The third-order valence-electron chi connectivity index (χ3n) is 4.20. The topological polar surface area (TPSA) is 35.6 Å². The summed E-state index contributed by atoms with van der Waals surface area (Å²) in [6.07, 6.45) is 8.79. The van der Waals surface area contributed by atoms with Gasteiger partial charge in [0.1, 0.15) is 0 Å². The predicted molar refractivity (Wildman–Crippen MR) is 72.0 cm³/mol. The van der Waals surface area contributed by atoms with Crippen molar-refractivity contribution in [2.75, 3.05) is 39.8 Å². The molecular weight excluding hydrogens is 226 g/mol. The molecule has 0 aromatic rings. The van der Waals surface area contributed by atoms with Crippen LogP contribution in [0, 0.1) is 18.3 Å². The Balaban J connectivity index is 1.83. The van der Waals surface area contributed by atoms with Crippen LogP contribution in [-0.4, -0.2) is 61.5 Å². The molecule has 2 unspecified atom stereocenters. The molecule has 4 nitrogen and oxygen atoms in total. The highest BCUT2D eigenvalue weighted by Gasteiger charge is 2.35. The van der Waals surface area contributed by atoms with Crippen LogP contribution in [0.4, 0.5) is 0 Å². The fraction of sp³-hybridized carbons (Fsp3) is 0.786. The molecule has 2 atom stereocenters. The second-order valence-electron chi connectivity index (χ2n) is 5.39. The van der Waals surface area contributed by atoms with Gasteiger partial charge < -0.3 is 9.80 Å². The molecule has 2 saturated heterocycles. The van der Waals surface area contributed by atoms with Gasteiger partial charge >= 0.3 is 0 Å². The van der Waals surface area contributed by atoms with E-state index in [9.17, 15) is 4.79 Å². The van der Waals surface area contributed by atoms with Crippen molar-refractivity contribution in [2.24, 2.45) is 5.92 Å². The van der Waals surface area contributed by atoms with Gasteiger partial charge in [0, 0.05) is 19.1 Å². The first-order chi connectivity index (χ1) is 8.72. The summed E-state index contributed by atoms with van der Waals surface area (Å²) in [6.45, 7) is 3.86. The first-order valence-electron chi connectivity index (χ1n) is 6.84. The van der Waals surface area contributed by atoms with Gasteiger partial charge in [-0.05, 0) is 38.8 Å². The molecule has 0 aromatic carbocycles. The molecule has 1 amide bonds. The van der Waals surface area contributed by atoms with Crippen LogP contribution < -0.4 is 5.32 Å². The van der Waals surface area contributed by atoms with E-state index in [2.05, 4.69) is 23.2 Å². The molecule has 100 valence electrons. The summed E-state index contributed by atoms with van der Waals surface area (Å²) in [4.78, 5) is 16.5. The van der Waals surface area contributed by atoms with E-state index in [0.717, 1.165) is 19.5 Å². The maximum Gasteiger partial charge on any atom is 0.236 e. The van der Waals surface area contributed by atoms with Crippen LogP contribution in [0.2, 0.25) is 0 Å². The second-order valence-corrected chi connectivity index (χ2v) is 5.39. The summed E-state index contributed by atoms with van der Waals surface area (Å²) in [5.41, 5.74) is 0. The number of piperidine rings is 2. The summed E-state index contributed by atoms with van der Waals surface area (Å²) < 4.78 is 0. The van der Waals surface area contributed by atoms with Crippen LogP contribution in [0.3, 0.4) is 0 Å². The van der Waals surface area contributed by atoms with Gasteiger partial charge in [-0.2, -0.15) is 0 Å². The molecule has 1 N–H and O–H groups in total. The van der Waals surface area contributed by atoms with E-state index < -0.39 is 0 Å². The first kappa shape index (κ1) is 13.4. The lowest BCUT2D eigenvalue weighted by Crippen LogP contribution is -2.55. The molecule has 0 radical (unpaired) electrons. The van der Waals surface area contributed by atoms with E-state index in [1.807, 2.05) is 4.90 Å². The van der Waals surface area contributed by atoms with Gasteiger partial charge in [0.2, 0.25) is 5.91 Å². The summed E-state index contributed by atoms with van der Waals surface area (Å²) in [5.74, 6) is 3.34. The van der Waals surface area contributed by atoms with Crippen molar-refractivity contribution in [1.29, 1.82) is 0 Å². The van der Waals surface area contributed by atoms with Crippen LogP contribution in [-0.2, 0) is 4.79 Å².